The van der Waals surface area contributed by atoms with E-state index < -0.39 is 0 Å². The SMILES string of the molecule is C.C1CCCCC1.Cl.Cl.[SiH4]. The first kappa shape index (κ1) is 22.4. The predicted octanol–water partition coefficient (Wildman–Crippen LogP) is 2.37. The average Bonchev–Trinajstić information content (AvgIpc) is 1.72. The van der Waals surface area contributed by atoms with Crippen LogP contribution in [-0.4, -0.2) is 11.0 Å². The fourth-order valence-electron chi connectivity index (χ4n) is 1.06. The van der Waals surface area contributed by atoms with Gasteiger partial charge in [-0.3, -0.25) is 0 Å². The van der Waals surface area contributed by atoms with Crippen LogP contribution in [0.4, 0.5) is 0 Å². The average molecular weight is 205 g/mol. The molecule has 0 aromatic rings. The second-order valence-electron chi connectivity index (χ2n) is 2.12. The van der Waals surface area contributed by atoms with E-state index in [2.05, 4.69) is 0 Å². The van der Waals surface area contributed by atoms with Crippen molar-refractivity contribution in [1.29, 1.82) is 0 Å². The molecule has 1 aliphatic carbocycles. The van der Waals surface area contributed by atoms with Crippen molar-refractivity contribution >= 4 is 35.8 Å². The van der Waals surface area contributed by atoms with Crippen molar-refractivity contribution in [3.8, 4) is 0 Å². The normalized spacial score (nSPS) is 14.4. The molecule has 1 rings (SSSR count). The zero-order valence-corrected chi connectivity index (χ0v) is 6.69. The number of rotatable bonds is 0. The van der Waals surface area contributed by atoms with Gasteiger partial charge in [0.1, 0.15) is 0 Å². The lowest BCUT2D eigenvalue weighted by atomic mass is 10.0. The van der Waals surface area contributed by atoms with Gasteiger partial charge in [-0.1, -0.05) is 46.0 Å². The first-order valence-electron chi connectivity index (χ1n) is 3.00. The van der Waals surface area contributed by atoms with Crippen LogP contribution >= 0.6 is 24.8 Å². The zero-order chi connectivity index (χ0) is 4.24. The van der Waals surface area contributed by atoms with E-state index in [0.29, 0.717) is 0 Å². The first-order chi connectivity index (χ1) is 3.00. The number of hydrogen-bond donors (Lipinski definition) is 0. The third-order valence-corrected chi connectivity index (χ3v) is 1.50. The Balaban J connectivity index is -0.0000000450. The summed E-state index contributed by atoms with van der Waals surface area (Å²) in [5, 5.41) is 0. The molecule has 0 aromatic heterocycles. The fourth-order valence-corrected chi connectivity index (χ4v) is 1.06. The Labute approximate surface area is 82.0 Å². The Morgan fingerprint density at radius 1 is 0.500 bits per heavy atom. The number of hydrogen-bond acceptors (Lipinski definition) is 0. The molecule has 3 heteroatoms. The molecule has 0 heterocycles. The van der Waals surface area contributed by atoms with E-state index in [1.807, 2.05) is 0 Å². The van der Waals surface area contributed by atoms with Gasteiger partial charge in [0.15, 0.2) is 0 Å². The zero-order valence-electron chi connectivity index (χ0n) is 5.06. The van der Waals surface area contributed by atoms with Gasteiger partial charge >= 0.3 is 0 Å². The van der Waals surface area contributed by atoms with Crippen molar-refractivity contribution in [1.82, 2.24) is 0 Å². The Bertz CT molecular complexity index is 27.1. The molecular formula is C7H22Cl2Si. The van der Waals surface area contributed by atoms with Crippen LogP contribution in [0, 0.1) is 0 Å². The monoisotopic (exact) mass is 204 g/mol. The molecule has 10 heavy (non-hydrogen) atoms. The molecule has 0 aromatic carbocycles. The van der Waals surface area contributed by atoms with Crippen LogP contribution in [0.3, 0.4) is 0 Å². The predicted molar refractivity (Wildman–Crippen MR) is 60.3 cm³/mol. The maximum atomic E-state index is 1.50. The van der Waals surface area contributed by atoms with Crippen molar-refractivity contribution in [2.45, 2.75) is 46.0 Å². The quantitative estimate of drug-likeness (QED) is 0.533. The molecule has 0 amide bonds. The summed E-state index contributed by atoms with van der Waals surface area (Å²) in [6, 6.07) is 0. The molecular weight excluding hydrogens is 183 g/mol. The smallest absolute Gasteiger partial charge is 0.0149 e. The second kappa shape index (κ2) is 16.4. The van der Waals surface area contributed by atoms with E-state index in [9.17, 15) is 0 Å². The third kappa shape index (κ3) is 11.6. The molecule has 0 nitrogen and oxygen atoms in total. The summed E-state index contributed by atoms with van der Waals surface area (Å²) in [4.78, 5) is 0. The summed E-state index contributed by atoms with van der Waals surface area (Å²) in [6.45, 7) is 0. The summed E-state index contributed by atoms with van der Waals surface area (Å²) >= 11 is 0. The van der Waals surface area contributed by atoms with Crippen molar-refractivity contribution < 1.29 is 0 Å². The topological polar surface area (TPSA) is 0 Å². The standard InChI is InChI=1S/C6H12.CH4.2ClH.H4Si/c1-2-4-6-5-3-1;;;;/h1-6H2;1H4;2*1H;1H4. The third-order valence-electron chi connectivity index (χ3n) is 1.50. The molecule has 0 aliphatic heterocycles. The highest BCUT2D eigenvalue weighted by molar-refractivity contribution is 5.85. The van der Waals surface area contributed by atoms with Crippen molar-refractivity contribution in [2.75, 3.05) is 0 Å². The van der Waals surface area contributed by atoms with Gasteiger partial charge in [-0.2, -0.15) is 0 Å². The van der Waals surface area contributed by atoms with Gasteiger partial charge in [-0.15, -0.1) is 24.8 Å². The van der Waals surface area contributed by atoms with Gasteiger partial charge in [0.2, 0.25) is 0 Å². The van der Waals surface area contributed by atoms with Crippen LogP contribution < -0.4 is 0 Å². The maximum absolute atomic E-state index is 1.50. The Morgan fingerprint density at radius 3 is 0.700 bits per heavy atom. The van der Waals surface area contributed by atoms with Gasteiger partial charge in [-0.05, 0) is 11.0 Å². The van der Waals surface area contributed by atoms with E-state index in [-0.39, 0.29) is 43.2 Å². The van der Waals surface area contributed by atoms with Crippen LogP contribution in [0.1, 0.15) is 46.0 Å². The molecule has 1 saturated carbocycles. The molecule has 68 valence electrons. The van der Waals surface area contributed by atoms with Crippen LogP contribution in [0.15, 0.2) is 0 Å². The summed E-state index contributed by atoms with van der Waals surface area (Å²) in [7, 11) is 0. The summed E-state index contributed by atoms with van der Waals surface area (Å²) in [6.07, 6.45) is 9.00. The van der Waals surface area contributed by atoms with Crippen molar-refractivity contribution in [2.24, 2.45) is 0 Å². The molecule has 0 N–H and O–H groups in total. The highest BCUT2D eigenvalue weighted by Crippen LogP contribution is 2.15. The molecule has 0 unspecified atom stereocenters. The number of halogens is 2. The lowest BCUT2D eigenvalue weighted by Crippen LogP contribution is -1.85. The van der Waals surface area contributed by atoms with Crippen LogP contribution in [-0.2, 0) is 0 Å². The van der Waals surface area contributed by atoms with Gasteiger partial charge in [0.05, 0.1) is 0 Å². The first-order valence-corrected chi connectivity index (χ1v) is 3.00. The van der Waals surface area contributed by atoms with E-state index in [1.165, 1.54) is 38.5 Å². The molecule has 0 radical (unpaired) electrons. The molecule has 0 saturated heterocycles. The molecule has 0 bridgehead atoms. The molecule has 1 fully saturated rings. The highest BCUT2D eigenvalue weighted by atomic mass is 35.5. The van der Waals surface area contributed by atoms with Gasteiger partial charge < -0.3 is 0 Å². The van der Waals surface area contributed by atoms with Crippen LogP contribution in [0.5, 0.6) is 0 Å². The van der Waals surface area contributed by atoms with Crippen molar-refractivity contribution in [3.05, 3.63) is 0 Å². The lowest BCUT2D eigenvalue weighted by Gasteiger charge is -2.05. The van der Waals surface area contributed by atoms with Crippen molar-refractivity contribution in [3.63, 3.8) is 0 Å². The van der Waals surface area contributed by atoms with E-state index in [4.69, 9.17) is 0 Å². The minimum Gasteiger partial charge on any atom is -0.147 e. The summed E-state index contributed by atoms with van der Waals surface area (Å²) in [5.74, 6) is 0. The fraction of sp³-hybridized carbons (Fsp3) is 1.00. The Kier molecular flexibility index (Phi) is 36.8. The van der Waals surface area contributed by atoms with Gasteiger partial charge in [0, 0.05) is 0 Å². The lowest BCUT2D eigenvalue weighted by molar-refractivity contribution is 0.504. The Morgan fingerprint density at radius 2 is 0.600 bits per heavy atom. The van der Waals surface area contributed by atoms with E-state index in [0.717, 1.165) is 0 Å². The van der Waals surface area contributed by atoms with Gasteiger partial charge in [-0.25, -0.2) is 0 Å². The van der Waals surface area contributed by atoms with Gasteiger partial charge in [0.25, 0.3) is 0 Å². The van der Waals surface area contributed by atoms with E-state index >= 15 is 0 Å². The van der Waals surface area contributed by atoms with Crippen LogP contribution in [0.25, 0.3) is 0 Å². The second-order valence-corrected chi connectivity index (χ2v) is 2.12. The molecule has 0 atom stereocenters. The largest absolute Gasteiger partial charge is 0.147 e. The minimum absolute atomic E-state index is 0. The summed E-state index contributed by atoms with van der Waals surface area (Å²) < 4.78 is 0. The van der Waals surface area contributed by atoms with Crippen LogP contribution in [0.2, 0.25) is 0 Å². The Hall–Kier alpha value is 0.797. The van der Waals surface area contributed by atoms with E-state index in [1.54, 1.807) is 0 Å². The molecule has 1 aliphatic rings. The highest BCUT2D eigenvalue weighted by Gasteiger charge is 1.95. The molecule has 0 spiro atoms. The minimum atomic E-state index is 0. The summed E-state index contributed by atoms with van der Waals surface area (Å²) in [5.41, 5.74) is 0. The maximum Gasteiger partial charge on any atom is -0.0149 e.